The monoisotopic (exact) mass is 600 g/mol. The van der Waals surface area contributed by atoms with Gasteiger partial charge in [0.05, 0.1) is 42.6 Å². The van der Waals surface area contributed by atoms with Crippen molar-refractivity contribution < 1.29 is 19.0 Å². The van der Waals surface area contributed by atoms with E-state index in [0.29, 0.717) is 69.7 Å². The van der Waals surface area contributed by atoms with Gasteiger partial charge in [-0.2, -0.15) is 0 Å². The molecule has 0 radical (unpaired) electrons. The first kappa shape index (κ1) is 29.3. The second-order valence-corrected chi connectivity index (χ2v) is 11.2. The first-order chi connectivity index (χ1) is 19.8. The van der Waals surface area contributed by atoms with E-state index in [2.05, 4.69) is 34.1 Å². The summed E-state index contributed by atoms with van der Waals surface area (Å²) in [5.74, 6) is 1.98. The molecule has 2 aliphatic rings. The normalized spacial score (nSPS) is 21.0. The number of likely N-dealkylation sites (N-methyl/N-ethyl adjacent to an activating group) is 1. The van der Waals surface area contributed by atoms with Crippen LogP contribution in [0.4, 0.5) is 11.8 Å². The fourth-order valence-corrected chi connectivity index (χ4v) is 6.08. The van der Waals surface area contributed by atoms with Crippen molar-refractivity contribution in [1.82, 2.24) is 19.9 Å². The molecule has 1 unspecified atom stereocenters. The van der Waals surface area contributed by atoms with Crippen LogP contribution in [0, 0.1) is 5.92 Å². The van der Waals surface area contributed by atoms with Crippen molar-refractivity contribution in [3.63, 3.8) is 0 Å². The van der Waals surface area contributed by atoms with Gasteiger partial charge in [-0.25, -0.2) is 15.0 Å². The largest absolute Gasteiger partial charge is 0.495 e. The Morgan fingerprint density at radius 3 is 2.59 bits per heavy atom. The van der Waals surface area contributed by atoms with Gasteiger partial charge in [-0.05, 0) is 44.5 Å². The lowest BCUT2D eigenvalue weighted by molar-refractivity contribution is -0.116. The van der Waals surface area contributed by atoms with Crippen molar-refractivity contribution in [1.29, 1.82) is 0 Å². The molecule has 41 heavy (non-hydrogen) atoms. The Morgan fingerprint density at radius 1 is 1.17 bits per heavy atom. The predicted octanol–water partition coefficient (Wildman–Crippen LogP) is 5.09. The SMILES string of the molecule is C=CC(=O)C[C@H]1CCOC[C@H]1Nc1ncc2cc(-c3c(Cl)c(OC)cc(OC)c3Cl)nc(NC3CCN(C)C3)c2n1. The number of ketones is 1. The third-order valence-corrected chi connectivity index (χ3v) is 8.38. The quantitative estimate of drug-likeness (QED) is 0.305. The Hall–Kier alpha value is -3.18. The number of pyridine rings is 1. The average molecular weight is 602 g/mol. The molecular formula is C29H34Cl2N6O4. The first-order valence-corrected chi connectivity index (χ1v) is 14.3. The molecule has 3 aromatic rings. The molecule has 5 rings (SSSR count). The van der Waals surface area contributed by atoms with Crippen LogP contribution in [0.1, 0.15) is 19.3 Å². The third kappa shape index (κ3) is 6.35. The summed E-state index contributed by atoms with van der Waals surface area (Å²) in [6.45, 7) is 6.54. The number of carbonyl (C=O) groups is 1. The zero-order valence-electron chi connectivity index (χ0n) is 23.4. The number of nitrogens with zero attached hydrogens (tertiary/aromatic N) is 4. The van der Waals surface area contributed by atoms with Gasteiger partial charge >= 0.3 is 0 Å². The fraction of sp³-hybridized carbons (Fsp3) is 0.448. The number of allylic oxidation sites excluding steroid dienone is 1. The highest BCUT2D eigenvalue weighted by atomic mass is 35.5. The number of anilines is 2. The van der Waals surface area contributed by atoms with Crippen LogP contribution in [0.25, 0.3) is 22.2 Å². The molecule has 2 aromatic heterocycles. The zero-order valence-corrected chi connectivity index (χ0v) is 24.9. The summed E-state index contributed by atoms with van der Waals surface area (Å²) in [7, 11) is 5.16. The van der Waals surface area contributed by atoms with Crippen LogP contribution in [0.2, 0.25) is 10.0 Å². The van der Waals surface area contributed by atoms with Crippen molar-refractivity contribution >= 4 is 51.7 Å². The Morgan fingerprint density at radius 2 is 1.93 bits per heavy atom. The summed E-state index contributed by atoms with van der Waals surface area (Å²) in [4.78, 5) is 28.8. The summed E-state index contributed by atoms with van der Waals surface area (Å²) < 4.78 is 16.7. The number of likely N-dealkylation sites (tertiary alicyclic amines) is 1. The standard InChI is InChI=1S/C29H34Cl2N6O4/c1-5-19(38)10-16-7-9-41-15-21(16)35-29-32-13-17-11-20(24-25(30)22(39-3)12-23(40-4)26(24)31)34-28(27(17)36-29)33-18-6-8-37(2)14-18/h5,11-13,16,18,21H,1,6-10,14-15H2,2-4H3,(H,33,34)(H,32,35,36)/t16-,18?,21-/m1/s1. The molecule has 3 atom stereocenters. The number of carbonyl (C=O) groups excluding carboxylic acids is 1. The molecule has 2 aliphatic heterocycles. The average Bonchev–Trinajstić information content (AvgIpc) is 3.38. The molecule has 0 bridgehead atoms. The number of benzene rings is 1. The lowest BCUT2D eigenvalue weighted by atomic mass is 9.90. The van der Waals surface area contributed by atoms with E-state index in [1.807, 2.05) is 6.07 Å². The minimum atomic E-state index is -0.112. The Balaban J connectivity index is 1.56. The second kappa shape index (κ2) is 12.8. The summed E-state index contributed by atoms with van der Waals surface area (Å²) in [6.07, 6.45) is 5.25. The first-order valence-electron chi connectivity index (χ1n) is 13.5. The molecule has 0 aliphatic carbocycles. The van der Waals surface area contributed by atoms with Gasteiger partial charge in [-0.15, -0.1) is 0 Å². The van der Waals surface area contributed by atoms with Gasteiger partial charge in [0.2, 0.25) is 5.95 Å². The molecule has 1 aromatic carbocycles. The van der Waals surface area contributed by atoms with Crippen LogP contribution in [0.5, 0.6) is 11.5 Å². The molecule has 2 saturated heterocycles. The number of fused-ring (bicyclic) bond motifs is 1. The number of halogens is 2. The minimum Gasteiger partial charge on any atom is -0.495 e. The van der Waals surface area contributed by atoms with Gasteiger partial charge < -0.3 is 29.7 Å². The topological polar surface area (TPSA) is 111 Å². The molecule has 0 spiro atoms. The highest BCUT2D eigenvalue weighted by Crippen LogP contribution is 2.46. The Labute approximate surface area is 249 Å². The van der Waals surface area contributed by atoms with Crippen LogP contribution in [-0.4, -0.2) is 85.3 Å². The van der Waals surface area contributed by atoms with Gasteiger partial charge in [-0.1, -0.05) is 29.8 Å². The predicted molar refractivity (Wildman–Crippen MR) is 162 cm³/mol. The van der Waals surface area contributed by atoms with Gasteiger partial charge in [-0.3, -0.25) is 4.79 Å². The van der Waals surface area contributed by atoms with Gasteiger partial charge in [0.25, 0.3) is 0 Å². The third-order valence-electron chi connectivity index (χ3n) is 7.63. The number of aromatic nitrogens is 3. The molecule has 10 nitrogen and oxygen atoms in total. The van der Waals surface area contributed by atoms with Crippen molar-refractivity contribution in [2.24, 2.45) is 5.92 Å². The number of hydrogen-bond acceptors (Lipinski definition) is 10. The maximum Gasteiger partial charge on any atom is 0.223 e. The summed E-state index contributed by atoms with van der Waals surface area (Å²) >= 11 is 13.5. The highest BCUT2D eigenvalue weighted by molar-refractivity contribution is 6.41. The van der Waals surface area contributed by atoms with Crippen LogP contribution < -0.4 is 20.1 Å². The van der Waals surface area contributed by atoms with E-state index in [1.165, 1.54) is 20.3 Å². The summed E-state index contributed by atoms with van der Waals surface area (Å²) in [5, 5.41) is 8.40. The van der Waals surface area contributed by atoms with E-state index in [9.17, 15) is 4.79 Å². The van der Waals surface area contributed by atoms with E-state index in [1.54, 1.807) is 12.3 Å². The van der Waals surface area contributed by atoms with E-state index < -0.39 is 0 Å². The maximum atomic E-state index is 12.1. The van der Waals surface area contributed by atoms with Crippen molar-refractivity contribution in [3.8, 4) is 22.8 Å². The number of methoxy groups -OCH3 is 2. The molecule has 218 valence electrons. The molecule has 0 amide bonds. The van der Waals surface area contributed by atoms with E-state index in [-0.39, 0.29) is 23.8 Å². The lowest BCUT2D eigenvalue weighted by Crippen LogP contribution is -2.40. The number of ether oxygens (including phenoxy) is 3. The molecule has 2 N–H and O–H groups in total. The number of rotatable bonds is 10. The minimum absolute atomic E-state index is 0.0133. The number of nitrogens with one attached hydrogen (secondary N) is 2. The van der Waals surface area contributed by atoms with Crippen molar-refractivity contribution in [2.45, 2.75) is 31.3 Å². The lowest BCUT2D eigenvalue weighted by Gasteiger charge is -2.31. The fourth-order valence-electron chi connectivity index (χ4n) is 5.39. The van der Waals surface area contributed by atoms with Crippen LogP contribution in [0.15, 0.2) is 31.0 Å². The van der Waals surface area contributed by atoms with Crippen LogP contribution in [-0.2, 0) is 9.53 Å². The van der Waals surface area contributed by atoms with Crippen molar-refractivity contribution in [3.05, 3.63) is 41.0 Å². The highest BCUT2D eigenvalue weighted by Gasteiger charge is 2.29. The van der Waals surface area contributed by atoms with Gasteiger partial charge in [0.1, 0.15) is 17.0 Å². The molecule has 2 fully saturated rings. The van der Waals surface area contributed by atoms with Crippen molar-refractivity contribution in [2.75, 3.05) is 58.2 Å². The van der Waals surface area contributed by atoms with Gasteiger partial charge in [0.15, 0.2) is 11.6 Å². The summed E-state index contributed by atoms with van der Waals surface area (Å²) in [5.41, 5.74) is 1.68. The maximum absolute atomic E-state index is 12.1. The molecule has 4 heterocycles. The Kier molecular flexibility index (Phi) is 9.13. The molecular weight excluding hydrogens is 567 g/mol. The van der Waals surface area contributed by atoms with Crippen LogP contribution >= 0.6 is 23.2 Å². The molecule has 12 heteroatoms. The molecule has 0 saturated carbocycles. The van der Waals surface area contributed by atoms with E-state index in [0.717, 1.165) is 31.3 Å². The van der Waals surface area contributed by atoms with Gasteiger partial charge in [0, 0.05) is 48.8 Å². The second-order valence-electron chi connectivity index (χ2n) is 10.4. The van der Waals surface area contributed by atoms with Crippen LogP contribution in [0.3, 0.4) is 0 Å². The zero-order chi connectivity index (χ0) is 29.1. The van der Waals surface area contributed by atoms with E-state index >= 15 is 0 Å². The Bertz CT molecular complexity index is 1430. The van der Waals surface area contributed by atoms with E-state index in [4.69, 9.17) is 47.4 Å². The number of hydrogen-bond donors (Lipinski definition) is 2. The smallest absolute Gasteiger partial charge is 0.223 e. The summed E-state index contributed by atoms with van der Waals surface area (Å²) in [6, 6.07) is 3.57.